The molecule has 2 aliphatic heterocycles. The molecule has 6 rings (SSSR count). The van der Waals surface area contributed by atoms with Crippen molar-refractivity contribution in [2.75, 3.05) is 0 Å². The van der Waals surface area contributed by atoms with Gasteiger partial charge in [0, 0.05) is 21.9 Å². The first-order valence-corrected chi connectivity index (χ1v) is 10.9. The molecule has 5 nitrogen and oxygen atoms in total. The third-order valence-corrected chi connectivity index (χ3v) is 6.57. The van der Waals surface area contributed by atoms with Gasteiger partial charge in [0.1, 0.15) is 11.5 Å². The first-order valence-electron chi connectivity index (χ1n) is 10.9. The summed E-state index contributed by atoms with van der Waals surface area (Å²) in [4.78, 5) is 15.1. The van der Waals surface area contributed by atoms with Crippen LogP contribution in [0.1, 0.15) is 89.2 Å². The predicted molar refractivity (Wildman–Crippen MR) is 119 cm³/mol. The van der Waals surface area contributed by atoms with Crippen LogP contribution in [0, 0.1) is 0 Å². The molecule has 0 amide bonds. The monoisotopic (exact) mass is 400 g/mol. The smallest absolute Gasteiger partial charge is 0.148 e. The molecule has 2 bridgehead atoms. The lowest BCUT2D eigenvalue weighted by atomic mass is 9.90. The van der Waals surface area contributed by atoms with Gasteiger partial charge in [0.05, 0.1) is 35.0 Å². The molecular weight excluding hydrogens is 372 g/mol. The van der Waals surface area contributed by atoms with Crippen LogP contribution >= 0.6 is 0 Å². The van der Waals surface area contributed by atoms with E-state index in [-0.39, 0.29) is 23.0 Å². The summed E-state index contributed by atoms with van der Waals surface area (Å²) >= 11 is 0. The van der Waals surface area contributed by atoms with Gasteiger partial charge in [0.25, 0.3) is 0 Å². The summed E-state index contributed by atoms with van der Waals surface area (Å²) in [6.45, 7) is 13.2. The van der Waals surface area contributed by atoms with E-state index in [4.69, 9.17) is 19.7 Å². The zero-order valence-electron chi connectivity index (χ0n) is 18.6. The van der Waals surface area contributed by atoms with E-state index < -0.39 is 0 Å². The number of fused-ring (bicyclic) bond motifs is 10. The highest BCUT2D eigenvalue weighted by Gasteiger charge is 2.38. The summed E-state index contributed by atoms with van der Waals surface area (Å²) < 4.78 is 8.39. The number of pyridine rings is 1. The lowest BCUT2D eigenvalue weighted by molar-refractivity contribution is 0.0717. The third kappa shape index (κ3) is 2.41. The quantitative estimate of drug-likeness (QED) is 0.367. The van der Waals surface area contributed by atoms with E-state index >= 15 is 0 Å². The Morgan fingerprint density at radius 2 is 1.57 bits per heavy atom. The predicted octanol–water partition coefficient (Wildman–Crippen LogP) is 5.93. The van der Waals surface area contributed by atoms with Gasteiger partial charge in [-0.25, -0.2) is 9.97 Å². The maximum absolute atomic E-state index is 6.17. The van der Waals surface area contributed by atoms with Crippen LogP contribution < -0.4 is 0 Å². The molecule has 2 aliphatic rings. The van der Waals surface area contributed by atoms with Gasteiger partial charge in [-0.3, -0.25) is 9.38 Å². The number of imidazole rings is 1. The van der Waals surface area contributed by atoms with Crippen molar-refractivity contribution in [3.8, 4) is 0 Å². The molecule has 154 valence electrons. The summed E-state index contributed by atoms with van der Waals surface area (Å²) in [5.74, 6) is 1.02. The molecule has 0 spiro atoms. The van der Waals surface area contributed by atoms with Gasteiger partial charge >= 0.3 is 0 Å². The van der Waals surface area contributed by atoms with E-state index in [1.54, 1.807) is 0 Å². The number of hydrogen-bond donors (Lipinski definition) is 0. The van der Waals surface area contributed by atoms with E-state index in [0.29, 0.717) is 0 Å². The summed E-state index contributed by atoms with van der Waals surface area (Å²) in [6, 6.07) is 6.67. The minimum Gasteiger partial charge on any atom is -0.366 e. The zero-order chi connectivity index (χ0) is 21.0. The van der Waals surface area contributed by atoms with Crippen molar-refractivity contribution in [3.05, 3.63) is 47.0 Å². The zero-order valence-corrected chi connectivity index (χ0v) is 18.6. The van der Waals surface area contributed by atoms with E-state index in [2.05, 4.69) is 64.1 Å². The molecule has 1 saturated heterocycles. The molecule has 2 unspecified atom stereocenters. The van der Waals surface area contributed by atoms with E-state index in [1.807, 2.05) is 6.20 Å². The van der Waals surface area contributed by atoms with Crippen molar-refractivity contribution in [2.24, 2.45) is 0 Å². The Labute approximate surface area is 176 Å². The van der Waals surface area contributed by atoms with Crippen LogP contribution in [-0.2, 0) is 15.6 Å². The maximum Gasteiger partial charge on any atom is 0.148 e. The summed E-state index contributed by atoms with van der Waals surface area (Å²) in [7, 11) is 0. The Balaban J connectivity index is 1.74. The van der Waals surface area contributed by atoms with Gasteiger partial charge in [-0.2, -0.15) is 0 Å². The molecule has 3 aromatic heterocycles. The van der Waals surface area contributed by atoms with E-state index in [1.165, 1.54) is 11.1 Å². The molecule has 4 aromatic rings. The Kier molecular flexibility index (Phi) is 3.40. The highest BCUT2D eigenvalue weighted by molar-refractivity contribution is 5.97. The maximum atomic E-state index is 6.17. The minimum atomic E-state index is -0.128. The normalized spacial score (nSPS) is 21.3. The molecule has 30 heavy (non-hydrogen) atoms. The Morgan fingerprint density at radius 1 is 0.867 bits per heavy atom. The Hall–Kier alpha value is -2.53. The fourth-order valence-corrected chi connectivity index (χ4v) is 5.00. The van der Waals surface area contributed by atoms with Crippen LogP contribution in [0.2, 0.25) is 0 Å². The van der Waals surface area contributed by atoms with Crippen molar-refractivity contribution in [3.63, 3.8) is 0 Å². The standard InChI is InChI=1S/C25H28N4O/c1-24(2,3)21-11-17-18(12-26-21)29-22(27-17)15-9-13-14(20-8-7-19(13)30-20)10-16(15)28-23(29)25(4,5)6/h9-12,19-20H,7-8H2,1-6H3. The fraction of sp³-hybridized carbons (Fsp3) is 0.480. The molecule has 0 radical (unpaired) electrons. The lowest BCUT2D eigenvalue weighted by Gasteiger charge is -2.22. The van der Waals surface area contributed by atoms with Gasteiger partial charge in [-0.15, -0.1) is 0 Å². The lowest BCUT2D eigenvalue weighted by Crippen LogP contribution is -2.19. The molecular formula is C25H28N4O. The van der Waals surface area contributed by atoms with Gasteiger partial charge < -0.3 is 4.74 Å². The van der Waals surface area contributed by atoms with Gasteiger partial charge in [0.2, 0.25) is 0 Å². The van der Waals surface area contributed by atoms with Gasteiger partial charge in [-0.05, 0) is 42.2 Å². The molecule has 0 saturated carbocycles. The highest BCUT2D eigenvalue weighted by Crippen LogP contribution is 2.51. The number of benzene rings is 1. The van der Waals surface area contributed by atoms with Crippen LogP contribution in [0.25, 0.3) is 27.6 Å². The average Bonchev–Trinajstić information content (AvgIpc) is 3.37. The Bertz CT molecular complexity index is 1350. The van der Waals surface area contributed by atoms with Crippen LogP contribution in [0.3, 0.4) is 0 Å². The minimum absolute atomic E-state index is 0.0193. The fourth-order valence-electron chi connectivity index (χ4n) is 5.00. The molecule has 1 aromatic carbocycles. The van der Waals surface area contributed by atoms with Crippen molar-refractivity contribution in [2.45, 2.75) is 77.4 Å². The second-order valence-corrected chi connectivity index (χ2v) is 11.0. The van der Waals surface area contributed by atoms with Crippen LogP contribution in [-0.4, -0.2) is 19.4 Å². The first-order chi connectivity index (χ1) is 14.1. The van der Waals surface area contributed by atoms with Crippen LogP contribution in [0.4, 0.5) is 0 Å². The SMILES string of the molecule is CC(C)(C)c1cc2nc3c4cc5c(cc4nc(C(C)(C)C)n3c2cn1)C1CCC5O1. The molecule has 5 heteroatoms. The highest BCUT2D eigenvalue weighted by atomic mass is 16.5. The average molecular weight is 401 g/mol. The topological polar surface area (TPSA) is 52.3 Å². The number of nitrogens with zero attached hydrogens (tertiary/aromatic N) is 4. The molecule has 0 N–H and O–H groups in total. The van der Waals surface area contributed by atoms with Crippen LogP contribution in [0.15, 0.2) is 24.4 Å². The summed E-state index contributed by atoms with van der Waals surface area (Å²) in [5, 5.41) is 1.10. The largest absolute Gasteiger partial charge is 0.366 e. The molecule has 0 aliphatic carbocycles. The number of aromatic nitrogens is 4. The molecule has 5 heterocycles. The second kappa shape index (κ2) is 5.58. The van der Waals surface area contributed by atoms with Gasteiger partial charge in [-0.1, -0.05) is 41.5 Å². The van der Waals surface area contributed by atoms with Crippen LogP contribution in [0.5, 0.6) is 0 Å². The van der Waals surface area contributed by atoms with E-state index in [0.717, 1.165) is 51.9 Å². The Morgan fingerprint density at radius 3 is 2.23 bits per heavy atom. The van der Waals surface area contributed by atoms with Crippen molar-refractivity contribution < 1.29 is 4.74 Å². The second-order valence-electron chi connectivity index (χ2n) is 11.0. The first kappa shape index (κ1) is 18.3. The van der Waals surface area contributed by atoms with Gasteiger partial charge in [0.15, 0.2) is 0 Å². The van der Waals surface area contributed by atoms with E-state index in [9.17, 15) is 0 Å². The van der Waals surface area contributed by atoms with Crippen molar-refractivity contribution >= 4 is 27.6 Å². The number of rotatable bonds is 0. The number of hydrogen-bond acceptors (Lipinski definition) is 4. The number of ether oxygens (including phenoxy) is 1. The molecule has 2 atom stereocenters. The van der Waals surface area contributed by atoms with Crippen molar-refractivity contribution in [1.82, 2.24) is 19.4 Å². The summed E-state index contributed by atoms with van der Waals surface area (Å²) in [5.41, 5.74) is 7.55. The third-order valence-electron chi connectivity index (χ3n) is 6.57. The van der Waals surface area contributed by atoms with Crippen molar-refractivity contribution in [1.29, 1.82) is 0 Å². The molecule has 1 fully saturated rings. The summed E-state index contributed by atoms with van der Waals surface area (Å²) in [6.07, 6.45) is 4.67.